The lowest BCUT2D eigenvalue weighted by atomic mass is 10.1. The van der Waals surface area contributed by atoms with E-state index in [1.165, 1.54) is 0 Å². The van der Waals surface area contributed by atoms with Crippen molar-refractivity contribution in [3.63, 3.8) is 0 Å². The van der Waals surface area contributed by atoms with Gasteiger partial charge in [-0.2, -0.15) is 0 Å². The van der Waals surface area contributed by atoms with E-state index in [1.54, 1.807) is 6.07 Å². The molecule has 3 nitrogen and oxygen atoms in total. The third-order valence-electron chi connectivity index (χ3n) is 2.20. The van der Waals surface area contributed by atoms with E-state index in [4.69, 9.17) is 5.11 Å². The SMILES string of the molecule is Cc1cc(C(=O)O)nc2cc(I)ccc12. The first-order valence-electron chi connectivity index (χ1n) is 4.38. The van der Waals surface area contributed by atoms with Gasteiger partial charge in [-0.1, -0.05) is 6.07 Å². The number of aromatic nitrogens is 1. The van der Waals surface area contributed by atoms with E-state index in [2.05, 4.69) is 27.6 Å². The molecule has 0 amide bonds. The summed E-state index contributed by atoms with van der Waals surface area (Å²) in [6.45, 7) is 1.89. The average molecular weight is 313 g/mol. The van der Waals surface area contributed by atoms with Crippen molar-refractivity contribution in [1.82, 2.24) is 4.98 Å². The van der Waals surface area contributed by atoms with Gasteiger partial charge in [-0.15, -0.1) is 0 Å². The van der Waals surface area contributed by atoms with Crippen molar-refractivity contribution in [2.75, 3.05) is 0 Å². The van der Waals surface area contributed by atoms with Gasteiger partial charge < -0.3 is 5.11 Å². The van der Waals surface area contributed by atoms with Gasteiger partial charge in [0, 0.05) is 8.96 Å². The van der Waals surface area contributed by atoms with Gasteiger partial charge in [0.05, 0.1) is 5.52 Å². The van der Waals surface area contributed by atoms with Crippen LogP contribution in [0, 0.1) is 10.5 Å². The molecule has 76 valence electrons. The van der Waals surface area contributed by atoms with Crippen LogP contribution in [0.1, 0.15) is 16.1 Å². The maximum atomic E-state index is 10.8. The Morgan fingerprint density at radius 2 is 2.13 bits per heavy atom. The van der Waals surface area contributed by atoms with Gasteiger partial charge >= 0.3 is 5.97 Å². The summed E-state index contributed by atoms with van der Waals surface area (Å²) in [7, 11) is 0. The standard InChI is InChI=1S/C11H8INO2/c1-6-4-10(11(14)15)13-9-5-7(12)2-3-8(6)9/h2-5H,1H3,(H,14,15). The van der Waals surface area contributed by atoms with Crippen molar-refractivity contribution >= 4 is 39.5 Å². The minimum Gasteiger partial charge on any atom is -0.477 e. The number of hydrogen-bond donors (Lipinski definition) is 1. The van der Waals surface area contributed by atoms with Gasteiger partial charge in [-0.05, 0) is 53.3 Å². The first-order valence-corrected chi connectivity index (χ1v) is 5.46. The fourth-order valence-corrected chi connectivity index (χ4v) is 1.96. The van der Waals surface area contributed by atoms with Crippen molar-refractivity contribution in [3.8, 4) is 0 Å². The molecular formula is C11H8INO2. The fourth-order valence-electron chi connectivity index (χ4n) is 1.49. The first kappa shape index (κ1) is 10.4. The summed E-state index contributed by atoms with van der Waals surface area (Å²) in [6.07, 6.45) is 0. The van der Waals surface area contributed by atoms with Crippen molar-refractivity contribution in [2.45, 2.75) is 6.92 Å². The molecule has 1 heterocycles. The molecule has 1 N–H and O–H groups in total. The number of nitrogens with zero attached hydrogens (tertiary/aromatic N) is 1. The molecule has 0 aliphatic carbocycles. The van der Waals surface area contributed by atoms with E-state index in [1.807, 2.05) is 25.1 Å². The highest BCUT2D eigenvalue weighted by atomic mass is 127. The lowest BCUT2D eigenvalue weighted by Gasteiger charge is -2.03. The quantitative estimate of drug-likeness (QED) is 0.824. The number of carboxylic acid groups (broad SMARTS) is 1. The van der Waals surface area contributed by atoms with Crippen LogP contribution in [-0.2, 0) is 0 Å². The lowest BCUT2D eigenvalue weighted by molar-refractivity contribution is 0.0691. The maximum absolute atomic E-state index is 10.8. The number of fused-ring (bicyclic) bond motifs is 1. The highest BCUT2D eigenvalue weighted by Crippen LogP contribution is 2.20. The first-order chi connectivity index (χ1) is 7.08. The predicted molar refractivity (Wildman–Crippen MR) is 66.2 cm³/mol. The number of pyridine rings is 1. The Bertz CT molecular complexity index is 552. The Balaban J connectivity index is 2.79. The van der Waals surface area contributed by atoms with E-state index in [-0.39, 0.29) is 5.69 Å². The van der Waals surface area contributed by atoms with Crippen LogP contribution in [0.5, 0.6) is 0 Å². The van der Waals surface area contributed by atoms with Crippen LogP contribution in [0.15, 0.2) is 24.3 Å². The van der Waals surface area contributed by atoms with Crippen LogP contribution >= 0.6 is 22.6 Å². The zero-order valence-electron chi connectivity index (χ0n) is 7.99. The third-order valence-corrected chi connectivity index (χ3v) is 2.87. The van der Waals surface area contributed by atoms with E-state index >= 15 is 0 Å². The van der Waals surface area contributed by atoms with Crippen LogP contribution < -0.4 is 0 Å². The van der Waals surface area contributed by atoms with Gasteiger partial charge in [-0.25, -0.2) is 9.78 Å². The van der Waals surface area contributed by atoms with Crippen molar-refractivity contribution < 1.29 is 9.90 Å². The number of benzene rings is 1. The van der Waals surface area contributed by atoms with Gasteiger partial charge in [0.1, 0.15) is 5.69 Å². The Hall–Kier alpha value is -1.17. The third kappa shape index (κ3) is 1.94. The van der Waals surface area contributed by atoms with Crippen molar-refractivity contribution in [2.24, 2.45) is 0 Å². The Morgan fingerprint density at radius 3 is 2.80 bits per heavy atom. The number of carboxylic acids is 1. The van der Waals surface area contributed by atoms with Crippen LogP contribution in [-0.4, -0.2) is 16.1 Å². The Labute approximate surface area is 100 Å². The summed E-state index contributed by atoms with van der Waals surface area (Å²) in [5.41, 5.74) is 1.77. The lowest BCUT2D eigenvalue weighted by Crippen LogP contribution is -2.01. The second-order valence-electron chi connectivity index (χ2n) is 3.29. The molecule has 1 aromatic heterocycles. The molecule has 0 aliphatic heterocycles. The molecule has 2 aromatic rings. The Kier molecular flexibility index (Phi) is 2.60. The molecule has 0 atom stereocenters. The smallest absolute Gasteiger partial charge is 0.354 e. The highest BCUT2D eigenvalue weighted by molar-refractivity contribution is 14.1. The molecule has 15 heavy (non-hydrogen) atoms. The summed E-state index contributed by atoms with van der Waals surface area (Å²) in [5.74, 6) is -0.987. The van der Waals surface area contributed by atoms with Crippen LogP contribution in [0.25, 0.3) is 10.9 Å². The molecule has 0 fully saturated rings. The molecule has 2 rings (SSSR count). The van der Waals surface area contributed by atoms with Crippen LogP contribution in [0.4, 0.5) is 0 Å². The van der Waals surface area contributed by atoms with Gasteiger partial charge in [0.2, 0.25) is 0 Å². The van der Waals surface area contributed by atoms with Gasteiger partial charge in [-0.3, -0.25) is 0 Å². The summed E-state index contributed by atoms with van der Waals surface area (Å²) in [5, 5.41) is 9.87. The number of aryl methyl sites for hydroxylation is 1. The van der Waals surface area contributed by atoms with Crippen molar-refractivity contribution in [1.29, 1.82) is 0 Å². The number of rotatable bonds is 1. The van der Waals surface area contributed by atoms with E-state index < -0.39 is 5.97 Å². The number of carbonyl (C=O) groups is 1. The summed E-state index contributed by atoms with van der Waals surface area (Å²) < 4.78 is 1.05. The Morgan fingerprint density at radius 1 is 1.40 bits per heavy atom. The zero-order chi connectivity index (χ0) is 11.0. The number of hydrogen-bond acceptors (Lipinski definition) is 2. The van der Waals surface area contributed by atoms with Crippen molar-refractivity contribution in [3.05, 3.63) is 39.1 Å². The zero-order valence-corrected chi connectivity index (χ0v) is 10.1. The van der Waals surface area contributed by atoms with Gasteiger partial charge in [0.15, 0.2) is 0 Å². The summed E-state index contributed by atoms with van der Waals surface area (Å²) >= 11 is 2.18. The van der Waals surface area contributed by atoms with E-state index in [0.29, 0.717) is 0 Å². The maximum Gasteiger partial charge on any atom is 0.354 e. The minimum absolute atomic E-state index is 0.0991. The largest absolute Gasteiger partial charge is 0.477 e. The van der Waals surface area contributed by atoms with E-state index in [0.717, 1.165) is 20.0 Å². The fraction of sp³-hybridized carbons (Fsp3) is 0.0909. The molecule has 0 unspecified atom stereocenters. The topological polar surface area (TPSA) is 50.2 Å². The number of aromatic carboxylic acids is 1. The van der Waals surface area contributed by atoms with Crippen LogP contribution in [0.2, 0.25) is 0 Å². The molecule has 0 saturated heterocycles. The monoisotopic (exact) mass is 313 g/mol. The predicted octanol–water partition coefficient (Wildman–Crippen LogP) is 2.85. The molecule has 1 aromatic carbocycles. The molecule has 0 radical (unpaired) electrons. The molecule has 0 bridgehead atoms. The molecule has 0 saturated carbocycles. The highest BCUT2D eigenvalue weighted by Gasteiger charge is 2.08. The average Bonchev–Trinajstić information content (AvgIpc) is 2.16. The molecule has 0 spiro atoms. The second kappa shape index (κ2) is 3.77. The van der Waals surface area contributed by atoms with Crippen LogP contribution in [0.3, 0.4) is 0 Å². The second-order valence-corrected chi connectivity index (χ2v) is 4.54. The molecular weight excluding hydrogens is 305 g/mol. The molecule has 0 aliphatic rings. The summed E-state index contributed by atoms with van der Waals surface area (Å²) in [6, 6.07) is 7.43. The normalized spacial score (nSPS) is 10.5. The van der Waals surface area contributed by atoms with Gasteiger partial charge in [0.25, 0.3) is 0 Å². The molecule has 4 heteroatoms. The van der Waals surface area contributed by atoms with E-state index in [9.17, 15) is 4.79 Å². The summed E-state index contributed by atoms with van der Waals surface area (Å²) in [4.78, 5) is 14.9. The number of halogens is 1. The minimum atomic E-state index is -0.987.